The Hall–Kier alpha value is -1.36. The number of hydrogen-bond acceptors (Lipinski definition) is 3. The van der Waals surface area contributed by atoms with E-state index in [1.54, 1.807) is 13.1 Å². The van der Waals surface area contributed by atoms with Crippen LogP contribution in [0, 0.1) is 0 Å². The van der Waals surface area contributed by atoms with Crippen molar-refractivity contribution in [2.45, 2.75) is 25.7 Å². The zero-order valence-electron chi connectivity index (χ0n) is 10.0. The van der Waals surface area contributed by atoms with Crippen molar-refractivity contribution in [1.29, 1.82) is 0 Å². The lowest BCUT2D eigenvalue weighted by atomic mass is 10.2. The van der Waals surface area contributed by atoms with Crippen molar-refractivity contribution in [2.24, 2.45) is 0 Å². The minimum Gasteiger partial charge on any atom is -0.461 e. The summed E-state index contributed by atoms with van der Waals surface area (Å²) in [6.07, 6.45) is 6.01. The molecule has 0 spiro atoms. The largest absolute Gasteiger partial charge is 0.461 e. The molecule has 0 aromatic carbocycles. The number of hydrogen-bond donors (Lipinski definition) is 0. The first-order valence-corrected chi connectivity index (χ1v) is 6.83. The van der Waals surface area contributed by atoms with E-state index in [1.165, 1.54) is 18.4 Å². The van der Waals surface area contributed by atoms with Crippen molar-refractivity contribution >= 4 is 27.5 Å². The van der Waals surface area contributed by atoms with Gasteiger partial charge in [0.1, 0.15) is 0 Å². The lowest BCUT2D eigenvalue weighted by Crippen LogP contribution is -2.08. The standard InChI is InChI=1S/C13H13BrN2O2/c1-2-18-13(17)11-6-15-12-10(14)5-9(7-16(11)12)8-3-4-8/h5-8H,2-4H2,1H3. The normalized spacial score (nSPS) is 15.0. The summed E-state index contributed by atoms with van der Waals surface area (Å²) in [5, 5.41) is 0. The molecule has 0 radical (unpaired) electrons. The number of aromatic nitrogens is 2. The number of ether oxygens (including phenoxy) is 1. The number of halogens is 1. The Morgan fingerprint density at radius 2 is 2.39 bits per heavy atom. The first-order valence-electron chi connectivity index (χ1n) is 6.04. The molecule has 2 heterocycles. The van der Waals surface area contributed by atoms with Gasteiger partial charge in [-0.3, -0.25) is 4.40 Å². The van der Waals surface area contributed by atoms with Gasteiger partial charge in [0, 0.05) is 6.20 Å². The second-order valence-corrected chi connectivity index (χ2v) is 5.31. The van der Waals surface area contributed by atoms with Crippen LogP contribution in [0.25, 0.3) is 5.65 Å². The fourth-order valence-corrected chi connectivity index (χ4v) is 2.62. The highest BCUT2D eigenvalue weighted by Crippen LogP contribution is 2.41. The maximum atomic E-state index is 11.8. The molecule has 1 aliphatic carbocycles. The van der Waals surface area contributed by atoms with E-state index >= 15 is 0 Å². The van der Waals surface area contributed by atoms with E-state index in [4.69, 9.17) is 4.74 Å². The molecule has 94 valence electrons. The molecule has 0 aliphatic heterocycles. The van der Waals surface area contributed by atoms with Crippen molar-refractivity contribution in [3.05, 3.63) is 34.2 Å². The summed E-state index contributed by atoms with van der Waals surface area (Å²) in [6.45, 7) is 2.17. The highest BCUT2D eigenvalue weighted by molar-refractivity contribution is 9.10. The third-order valence-corrected chi connectivity index (χ3v) is 3.70. The Bertz CT molecular complexity index is 617. The monoisotopic (exact) mass is 308 g/mol. The van der Waals surface area contributed by atoms with E-state index in [1.807, 2.05) is 10.6 Å². The molecule has 0 bridgehead atoms. The first-order chi connectivity index (χ1) is 8.70. The van der Waals surface area contributed by atoms with Crippen LogP contribution in [0.3, 0.4) is 0 Å². The van der Waals surface area contributed by atoms with Crippen molar-refractivity contribution in [3.63, 3.8) is 0 Å². The Balaban J connectivity index is 2.12. The van der Waals surface area contributed by atoms with Crippen molar-refractivity contribution in [1.82, 2.24) is 9.38 Å². The van der Waals surface area contributed by atoms with Gasteiger partial charge in [0.2, 0.25) is 0 Å². The van der Waals surface area contributed by atoms with E-state index < -0.39 is 0 Å². The number of fused-ring (bicyclic) bond motifs is 1. The smallest absolute Gasteiger partial charge is 0.356 e. The molecule has 1 fully saturated rings. The van der Waals surface area contributed by atoms with Crippen molar-refractivity contribution < 1.29 is 9.53 Å². The molecule has 1 aliphatic rings. The molecular weight excluding hydrogens is 296 g/mol. The van der Waals surface area contributed by atoms with Gasteiger partial charge in [-0.25, -0.2) is 9.78 Å². The van der Waals surface area contributed by atoms with E-state index in [9.17, 15) is 4.79 Å². The van der Waals surface area contributed by atoms with Crippen molar-refractivity contribution in [3.8, 4) is 0 Å². The minimum absolute atomic E-state index is 0.329. The van der Waals surface area contributed by atoms with Gasteiger partial charge in [0.05, 0.1) is 17.3 Å². The van der Waals surface area contributed by atoms with Crippen LogP contribution in [0.4, 0.5) is 0 Å². The third-order valence-electron chi connectivity index (χ3n) is 3.12. The average molecular weight is 309 g/mol. The second-order valence-electron chi connectivity index (χ2n) is 4.45. The lowest BCUT2D eigenvalue weighted by molar-refractivity contribution is 0.0518. The van der Waals surface area contributed by atoms with Gasteiger partial charge in [-0.05, 0) is 53.2 Å². The third kappa shape index (κ3) is 1.92. The lowest BCUT2D eigenvalue weighted by Gasteiger charge is -2.05. The fourth-order valence-electron chi connectivity index (χ4n) is 2.06. The predicted octanol–water partition coefficient (Wildman–Crippen LogP) is 3.15. The number of carbonyl (C=O) groups is 1. The molecule has 0 amide bonds. The Labute approximate surface area is 113 Å². The van der Waals surface area contributed by atoms with Crippen LogP contribution in [-0.2, 0) is 4.74 Å². The van der Waals surface area contributed by atoms with Gasteiger partial charge >= 0.3 is 5.97 Å². The number of pyridine rings is 1. The Kier molecular flexibility index (Phi) is 2.86. The molecular formula is C13H13BrN2O2. The molecule has 2 aromatic rings. The molecule has 0 N–H and O–H groups in total. The second kappa shape index (κ2) is 4.39. The summed E-state index contributed by atoms with van der Waals surface area (Å²) >= 11 is 3.51. The zero-order chi connectivity index (χ0) is 12.7. The van der Waals surface area contributed by atoms with Gasteiger partial charge in [0.25, 0.3) is 0 Å². The van der Waals surface area contributed by atoms with Gasteiger partial charge in [0.15, 0.2) is 11.3 Å². The van der Waals surface area contributed by atoms with Crippen LogP contribution in [0.1, 0.15) is 41.7 Å². The van der Waals surface area contributed by atoms with Crippen LogP contribution in [0.15, 0.2) is 22.9 Å². The van der Waals surface area contributed by atoms with Crippen LogP contribution in [-0.4, -0.2) is 22.0 Å². The topological polar surface area (TPSA) is 43.6 Å². The number of rotatable bonds is 3. The summed E-state index contributed by atoms with van der Waals surface area (Å²) in [5.41, 5.74) is 2.48. The molecule has 0 atom stereocenters. The summed E-state index contributed by atoms with van der Waals surface area (Å²) in [5.74, 6) is 0.299. The van der Waals surface area contributed by atoms with Gasteiger partial charge in [-0.15, -0.1) is 0 Å². The van der Waals surface area contributed by atoms with E-state index in [2.05, 4.69) is 27.0 Å². The summed E-state index contributed by atoms with van der Waals surface area (Å²) in [7, 11) is 0. The van der Waals surface area contributed by atoms with Crippen LogP contribution in [0.2, 0.25) is 0 Å². The molecule has 0 saturated heterocycles. The summed E-state index contributed by atoms with van der Waals surface area (Å²) < 4.78 is 7.77. The molecule has 3 rings (SSSR count). The van der Waals surface area contributed by atoms with Gasteiger partial charge in [-0.2, -0.15) is 0 Å². The number of esters is 1. The number of nitrogens with zero attached hydrogens (tertiary/aromatic N) is 2. The van der Waals surface area contributed by atoms with E-state index in [0.717, 1.165) is 10.1 Å². The van der Waals surface area contributed by atoms with E-state index in [0.29, 0.717) is 18.2 Å². The summed E-state index contributed by atoms with van der Waals surface area (Å²) in [6, 6.07) is 2.09. The molecule has 2 aromatic heterocycles. The quantitative estimate of drug-likeness (QED) is 0.818. The molecule has 4 nitrogen and oxygen atoms in total. The Morgan fingerprint density at radius 3 is 3.06 bits per heavy atom. The predicted molar refractivity (Wildman–Crippen MR) is 70.8 cm³/mol. The number of carbonyl (C=O) groups excluding carboxylic acids is 1. The Morgan fingerprint density at radius 1 is 1.61 bits per heavy atom. The zero-order valence-corrected chi connectivity index (χ0v) is 11.6. The SMILES string of the molecule is CCOC(=O)c1cnc2c(Br)cc(C3CC3)cn12. The molecule has 5 heteroatoms. The van der Waals surface area contributed by atoms with Crippen LogP contribution >= 0.6 is 15.9 Å². The average Bonchev–Trinajstić information content (AvgIpc) is 3.09. The van der Waals surface area contributed by atoms with Crippen molar-refractivity contribution in [2.75, 3.05) is 6.61 Å². The minimum atomic E-state index is -0.329. The summed E-state index contributed by atoms with van der Waals surface area (Å²) in [4.78, 5) is 16.1. The first kappa shape index (κ1) is 11.7. The molecule has 0 unspecified atom stereocenters. The maximum absolute atomic E-state index is 11.8. The van der Waals surface area contributed by atoms with Gasteiger partial charge < -0.3 is 4.74 Å². The molecule has 1 saturated carbocycles. The maximum Gasteiger partial charge on any atom is 0.356 e. The van der Waals surface area contributed by atoms with E-state index in [-0.39, 0.29) is 5.97 Å². The highest BCUT2D eigenvalue weighted by Gasteiger charge is 2.25. The van der Waals surface area contributed by atoms with Crippen LogP contribution in [0.5, 0.6) is 0 Å². The van der Waals surface area contributed by atoms with Gasteiger partial charge in [-0.1, -0.05) is 0 Å². The fraction of sp³-hybridized carbons (Fsp3) is 0.385. The molecule has 18 heavy (non-hydrogen) atoms. The van der Waals surface area contributed by atoms with Crippen LogP contribution < -0.4 is 0 Å². The number of imidazole rings is 1. The highest BCUT2D eigenvalue weighted by atomic mass is 79.9.